The number of pyridine rings is 1. The van der Waals surface area contributed by atoms with Crippen molar-refractivity contribution in [1.29, 1.82) is 0 Å². The lowest BCUT2D eigenvalue weighted by molar-refractivity contribution is -0.116. The van der Waals surface area contributed by atoms with Crippen LogP contribution in [0.25, 0.3) is 6.08 Å². The first-order chi connectivity index (χ1) is 21.9. The third-order valence-corrected chi connectivity index (χ3v) is 8.56. The van der Waals surface area contributed by atoms with Gasteiger partial charge in [-0.2, -0.15) is 0 Å². The Labute approximate surface area is 274 Å². The lowest BCUT2D eigenvalue weighted by Crippen LogP contribution is -2.30. The van der Waals surface area contributed by atoms with Crippen molar-refractivity contribution in [2.24, 2.45) is 0 Å². The predicted octanol–water partition coefficient (Wildman–Crippen LogP) is 8.27. The van der Waals surface area contributed by atoms with Crippen molar-refractivity contribution in [3.05, 3.63) is 160 Å². The number of benzene rings is 4. The molecular formula is C35H26Cl2N4O3S. The fraction of sp³-hybridized carbons (Fsp3) is 0.0286. The molecule has 3 amide bonds. The molecule has 4 aromatic carbocycles. The second-order valence-corrected chi connectivity index (χ2v) is 11.6. The van der Waals surface area contributed by atoms with Gasteiger partial charge in [-0.1, -0.05) is 83.9 Å². The molecule has 0 saturated heterocycles. The molecular weight excluding hydrogens is 627 g/mol. The summed E-state index contributed by atoms with van der Waals surface area (Å²) in [6.45, 7) is 0. The SMILES string of the molecule is O=C(Nc1ccc(SC(C(=O)Nc2ccncc2)c2ccccc2)cc1)/C(=C/c1cccc(Cl)c1Cl)NC(=O)c1ccccc1. The van der Waals surface area contributed by atoms with Crippen LogP contribution in [0.1, 0.15) is 26.7 Å². The van der Waals surface area contributed by atoms with Crippen LogP contribution in [0, 0.1) is 0 Å². The monoisotopic (exact) mass is 652 g/mol. The van der Waals surface area contributed by atoms with E-state index >= 15 is 0 Å². The zero-order valence-corrected chi connectivity index (χ0v) is 25.9. The first kappa shape index (κ1) is 31.5. The molecule has 7 nitrogen and oxygen atoms in total. The number of rotatable bonds is 10. The van der Waals surface area contributed by atoms with Gasteiger partial charge in [0.2, 0.25) is 5.91 Å². The minimum atomic E-state index is -0.561. The molecule has 0 aliphatic rings. The highest BCUT2D eigenvalue weighted by molar-refractivity contribution is 8.00. The highest BCUT2D eigenvalue weighted by Crippen LogP contribution is 2.37. The van der Waals surface area contributed by atoms with Crippen molar-refractivity contribution >= 4 is 70.1 Å². The number of aromatic nitrogens is 1. The molecule has 5 aromatic rings. The summed E-state index contributed by atoms with van der Waals surface area (Å²) >= 11 is 13.9. The van der Waals surface area contributed by atoms with Crippen molar-refractivity contribution in [2.45, 2.75) is 10.1 Å². The van der Waals surface area contributed by atoms with Crippen molar-refractivity contribution < 1.29 is 14.4 Å². The number of thioether (sulfide) groups is 1. The van der Waals surface area contributed by atoms with Crippen LogP contribution < -0.4 is 16.0 Å². The summed E-state index contributed by atoms with van der Waals surface area (Å²) in [5, 5.41) is 8.50. The highest BCUT2D eigenvalue weighted by Gasteiger charge is 2.22. The molecule has 0 aliphatic heterocycles. The summed E-state index contributed by atoms with van der Waals surface area (Å²) in [6, 6.07) is 33.6. The number of anilines is 2. The van der Waals surface area contributed by atoms with E-state index in [2.05, 4.69) is 20.9 Å². The minimum Gasteiger partial charge on any atom is -0.325 e. The lowest BCUT2D eigenvalue weighted by Gasteiger charge is -2.17. The summed E-state index contributed by atoms with van der Waals surface area (Å²) in [7, 11) is 0. The number of carbonyl (C=O) groups excluding carboxylic acids is 3. The van der Waals surface area contributed by atoms with Crippen molar-refractivity contribution in [3.63, 3.8) is 0 Å². The summed E-state index contributed by atoms with van der Waals surface area (Å²) in [6.07, 6.45) is 4.70. The maximum absolute atomic E-state index is 13.5. The number of halogens is 2. The van der Waals surface area contributed by atoms with Gasteiger partial charge in [-0.15, -0.1) is 11.8 Å². The zero-order chi connectivity index (χ0) is 31.6. The van der Waals surface area contributed by atoms with Crippen LogP contribution in [0.2, 0.25) is 10.0 Å². The van der Waals surface area contributed by atoms with Crippen LogP contribution >= 0.6 is 35.0 Å². The van der Waals surface area contributed by atoms with Crippen LogP contribution in [-0.4, -0.2) is 22.7 Å². The maximum atomic E-state index is 13.5. The van der Waals surface area contributed by atoms with Gasteiger partial charge in [0, 0.05) is 34.2 Å². The summed E-state index contributed by atoms with van der Waals surface area (Å²) < 4.78 is 0. The Morgan fingerprint density at radius 3 is 2.04 bits per heavy atom. The Balaban J connectivity index is 1.34. The van der Waals surface area contributed by atoms with E-state index in [1.54, 1.807) is 85.2 Å². The Kier molecular flexibility index (Phi) is 10.7. The van der Waals surface area contributed by atoms with Gasteiger partial charge in [0.25, 0.3) is 11.8 Å². The molecule has 10 heteroatoms. The van der Waals surface area contributed by atoms with E-state index < -0.39 is 17.1 Å². The molecule has 1 heterocycles. The molecule has 45 heavy (non-hydrogen) atoms. The Morgan fingerprint density at radius 2 is 1.36 bits per heavy atom. The molecule has 3 N–H and O–H groups in total. The molecule has 0 spiro atoms. The second kappa shape index (κ2) is 15.2. The van der Waals surface area contributed by atoms with E-state index in [0.29, 0.717) is 27.5 Å². The zero-order valence-electron chi connectivity index (χ0n) is 23.6. The fourth-order valence-electron chi connectivity index (χ4n) is 4.23. The molecule has 0 bridgehead atoms. The van der Waals surface area contributed by atoms with Crippen molar-refractivity contribution in [1.82, 2.24) is 10.3 Å². The molecule has 5 rings (SSSR count). The van der Waals surface area contributed by atoms with Gasteiger partial charge in [-0.05, 0) is 71.8 Å². The Morgan fingerprint density at radius 1 is 0.711 bits per heavy atom. The van der Waals surface area contributed by atoms with Gasteiger partial charge in [-0.25, -0.2) is 0 Å². The number of nitrogens with zero attached hydrogens (tertiary/aromatic N) is 1. The summed E-state index contributed by atoms with van der Waals surface area (Å²) in [5.41, 5.74) is 2.80. The van der Waals surface area contributed by atoms with Gasteiger partial charge >= 0.3 is 0 Å². The van der Waals surface area contributed by atoms with Gasteiger partial charge in [-0.3, -0.25) is 19.4 Å². The van der Waals surface area contributed by atoms with E-state index in [0.717, 1.165) is 10.5 Å². The van der Waals surface area contributed by atoms with E-state index in [9.17, 15) is 14.4 Å². The highest BCUT2D eigenvalue weighted by atomic mass is 35.5. The lowest BCUT2D eigenvalue weighted by atomic mass is 10.1. The largest absolute Gasteiger partial charge is 0.325 e. The smallest absolute Gasteiger partial charge is 0.272 e. The summed E-state index contributed by atoms with van der Waals surface area (Å²) in [5.74, 6) is -1.20. The van der Waals surface area contributed by atoms with Crippen LogP contribution in [0.4, 0.5) is 11.4 Å². The van der Waals surface area contributed by atoms with E-state index in [-0.39, 0.29) is 16.6 Å². The van der Waals surface area contributed by atoms with E-state index in [1.165, 1.54) is 17.8 Å². The quantitative estimate of drug-likeness (QED) is 0.104. The average molecular weight is 654 g/mol. The number of hydrogen-bond acceptors (Lipinski definition) is 5. The normalized spacial score (nSPS) is 11.7. The molecule has 0 aliphatic carbocycles. The predicted molar refractivity (Wildman–Crippen MR) is 181 cm³/mol. The number of amides is 3. The number of carbonyl (C=O) groups is 3. The van der Waals surface area contributed by atoms with Crippen LogP contribution in [0.3, 0.4) is 0 Å². The second-order valence-electron chi connectivity index (χ2n) is 9.63. The number of nitrogens with one attached hydrogen (secondary N) is 3. The summed E-state index contributed by atoms with van der Waals surface area (Å²) in [4.78, 5) is 44.5. The molecule has 224 valence electrons. The molecule has 1 unspecified atom stereocenters. The topological polar surface area (TPSA) is 100 Å². The van der Waals surface area contributed by atoms with E-state index in [1.807, 2.05) is 42.5 Å². The molecule has 1 aromatic heterocycles. The van der Waals surface area contributed by atoms with Gasteiger partial charge in [0.15, 0.2) is 0 Å². The molecule has 1 atom stereocenters. The van der Waals surface area contributed by atoms with Gasteiger partial charge < -0.3 is 16.0 Å². The fourth-order valence-corrected chi connectivity index (χ4v) is 5.61. The first-order valence-corrected chi connectivity index (χ1v) is 15.4. The molecule has 0 fully saturated rings. The standard InChI is InChI=1S/C35H26Cl2N4O3S/c36-29-13-7-12-25(31(29)37)22-30(41-33(42)24-10-5-2-6-11-24)34(43)39-26-14-16-28(17-15-26)45-32(23-8-3-1-4-9-23)35(44)40-27-18-20-38-21-19-27/h1-22,32H,(H,39,43)(H,41,42)(H,38,40,44)/b30-22-. The van der Waals surface area contributed by atoms with Crippen LogP contribution in [-0.2, 0) is 9.59 Å². The van der Waals surface area contributed by atoms with Gasteiger partial charge in [0.05, 0.1) is 10.0 Å². The third kappa shape index (κ3) is 8.61. The number of hydrogen-bond donors (Lipinski definition) is 3. The third-order valence-electron chi connectivity index (χ3n) is 6.46. The molecule has 0 radical (unpaired) electrons. The van der Waals surface area contributed by atoms with Crippen LogP contribution in [0.15, 0.2) is 138 Å². The Bertz CT molecular complexity index is 1820. The van der Waals surface area contributed by atoms with Gasteiger partial charge in [0.1, 0.15) is 10.9 Å². The Hall–Kier alpha value is -4.89. The van der Waals surface area contributed by atoms with Crippen molar-refractivity contribution in [2.75, 3.05) is 10.6 Å². The van der Waals surface area contributed by atoms with Crippen LogP contribution in [0.5, 0.6) is 0 Å². The molecule has 0 saturated carbocycles. The first-order valence-electron chi connectivity index (χ1n) is 13.7. The average Bonchev–Trinajstić information content (AvgIpc) is 3.07. The maximum Gasteiger partial charge on any atom is 0.272 e. The minimum absolute atomic E-state index is 0.0246. The van der Waals surface area contributed by atoms with E-state index in [4.69, 9.17) is 23.2 Å². The van der Waals surface area contributed by atoms with Crippen molar-refractivity contribution in [3.8, 4) is 0 Å².